The number of likely N-dealkylation sites (tertiary alicyclic amines) is 1. The molecule has 2 heterocycles. The van der Waals surface area contributed by atoms with Crippen LogP contribution >= 0.6 is 0 Å². The maximum atomic E-state index is 11.5. The zero-order valence-electron chi connectivity index (χ0n) is 15.0. The molecule has 0 atom stereocenters. The highest BCUT2D eigenvalue weighted by Gasteiger charge is 2.22. The van der Waals surface area contributed by atoms with Crippen LogP contribution in [0.2, 0.25) is 0 Å². The normalized spacial score (nSPS) is 15.4. The third-order valence-corrected chi connectivity index (χ3v) is 4.48. The Balaban J connectivity index is 1.53. The molecule has 1 amide bonds. The predicted octanol–water partition coefficient (Wildman–Crippen LogP) is 2.20. The van der Waals surface area contributed by atoms with Crippen molar-refractivity contribution in [3.8, 4) is 5.69 Å². The monoisotopic (exact) mass is 343 g/mol. The summed E-state index contributed by atoms with van der Waals surface area (Å²) in [5.74, 6) is 0. The summed E-state index contributed by atoms with van der Waals surface area (Å²) in [6.45, 7) is 6.26. The number of nitrogens with zero attached hydrogens (tertiary/aromatic N) is 4. The first-order valence-corrected chi connectivity index (χ1v) is 8.61. The molecular formula is C18H25N5O2. The van der Waals surface area contributed by atoms with Crippen LogP contribution in [-0.2, 0) is 11.3 Å². The summed E-state index contributed by atoms with van der Waals surface area (Å²) in [4.78, 5) is 14.9. The molecule has 3 rings (SSSR count). The number of aryl methyl sites for hydroxylation is 2. The van der Waals surface area contributed by atoms with Crippen molar-refractivity contribution >= 4 is 6.09 Å². The Bertz CT molecular complexity index is 715. The van der Waals surface area contributed by atoms with Gasteiger partial charge in [-0.1, -0.05) is 6.07 Å². The van der Waals surface area contributed by atoms with Crippen molar-refractivity contribution in [3.63, 3.8) is 0 Å². The van der Waals surface area contributed by atoms with Crippen LogP contribution in [0.15, 0.2) is 24.4 Å². The highest BCUT2D eigenvalue weighted by atomic mass is 16.5. The number of aromatic nitrogens is 3. The third-order valence-electron chi connectivity index (χ3n) is 4.48. The van der Waals surface area contributed by atoms with E-state index in [1.165, 1.54) is 18.2 Å². The van der Waals surface area contributed by atoms with Gasteiger partial charge in [0.05, 0.1) is 24.7 Å². The molecule has 1 aliphatic heterocycles. The lowest BCUT2D eigenvalue weighted by Gasteiger charge is -2.31. The van der Waals surface area contributed by atoms with Gasteiger partial charge in [0.2, 0.25) is 0 Å². The van der Waals surface area contributed by atoms with E-state index in [-0.39, 0.29) is 6.09 Å². The number of nitrogens with one attached hydrogen (secondary N) is 1. The van der Waals surface area contributed by atoms with Gasteiger partial charge in [-0.15, -0.1) is 0 Å². The molecule has 0 unspecified atom stereocenters. The van der Waals surface area contributed by atoms with Gasteiger partial charge in [-0.05, 0) is 49.9 Å². The van der Waals surface area contributed by atoms with E-state index < -0.39 is 0 Å². The molecule has 1 aromatic heterocycles. The minimum atomic E-state index is -0.241. The zero-order valence-corrected chi connectivity index (χ0v) is 15.0. The maximum Gasteiger partial charge on any atom is 0.409 e. The summed E-state index contributed by atoms with van der Waals surface area (Å²) in [5.41, 5.74) is 4.29. The van der Waals surface area contributed by atoms with Crippen molar-refractivity contribution in [1.82, 2.24) is 25.2 Å². The quantitative estimate of drug-likeness (QED) is 0.921. The van der Waals surface area contributed by atoms with Gasteiger partial charge in [0.15, 0.2) is 0 Å². The van der Waals surface area contributed by atoms with Gasteiger partial charge in [0.1, 0.15) is 0 Å². The van der Waals surface area contributed by atoms with Crippen LogP contribution in [-0.4, -0.2) is 52.2 Å². The van der Waals surface area contributed by atoms with Gasteiger partial charge in [0, 0.05) is 25.7 Å². The van der Waals surface area contributed by atoms with Crippen LogP contribution in [0.5, 0.6) is 0 Å². The van der Waals surface area contributed by atoms with E-state index >= 15 is 0 Å². The number of benzene rings is 1. The molecule has 0 saturated carbocycles. The summed E-state index contributed by atoms with van der Waals surface area (Å²) in [7, 11) is 1.42. The summed E-state index contributed by atoms with van der Waals surface area (Å²) in [5, 5.41) is 12.4. The number of hydrogen-bond donors (Lipinski definition) is 1. The van der Waals surface area contributed by atoms with Crippen LogP contribution in [0.3, 0.4) is 0 Å². The number of ether oxygens (including phenoxy) is 1. The first-order chi connectivity index (χ1) is 12.0. The fourth-order valence-electron chi connectivity index (χ4n) is 3.21. The number of amides is 1. The minimum Gasteiger partial charge on any atom is -0.453 e. The topological polar surface area (TPSA) is 72.3 Å². The van der Waals surface area contributed by atoms with E-state index in [4.69, 9.17) is 4.74 Å². The molecule has 0 aliphatic carbocycles. The molecule has 134 valence electrons. The number of carbonyl (C=O) groups excluding carboxylic acids is 1. The third kappa shape index (κ3) is 4.36. The summed E-state index contributed by atoms with van der Waals surface area (Å²) in [6, 6.07) is 6.67. The molecular weight excluding hydrogens is 318 g/mol. The lowest BCUT2D eigenvalue weighted by atomic mass is 10.1. The molecule has 2 aromatic rings. The first kappa shape index (κ1) is 17.4. The second kappa shape index (κ2) is 7.65. The van der Waals surface area contributed by atoms with Gasteiger partial charge < -0.3 is 15.0 Å². The Morgan fingerprint density at radius 1 is 1.24 bits per heavy atom. The highest BCUT2D eigenvalue weighted by Crippen LogP contribution is 2.13. The van der Waals surface area contributed by atoms with Gasteiger partial charge in [-0.2, -0.15) is 15.0 Å². The van der Waals surface area contributed by atoms with E-state index in [1.54, 1.807) is 15.9 Å². The average molecular weight is 343 g/mol. The molecule has 1 aliphatic rings. The molecule has 1 aromatic carbocycles. The summed E-state index contributed by atoms with van der Waals surface area (Å²) in [6.07, 6.45) is 3.39. The van der Waals surface area contributed by atoms with E-state index in [1.807, 2.05) is 0 Å². The molecule has 0 bridgehead atoms. The lowest BCUT2D eigenvalue weighted by molar-refractivity contribution is 0.109. The smallest absolute Gasteiger partial charge is 0.409 e. The highest BCUT2D eigenvalue weighted by molar-refractivity contribution is 5.67. The Morgan fingerprint density at radius 3 is 2.56 bits per heavy atom. The van der Waals surface area contributed by atoms with E-state index in [0.717, 1.165) is 37.3 Å². The first-order valence-electron chi connectivity index (χ1n) is 8.61. The van der Waals surface area contributed by atoms with Crippen LogP contribution in [0.1, 0.15) is 29.7 Å². The van der Waals surface area contributed by atoms with Crippen molar-refractivity contribution in [2.45, 2.75) is 39.3 Å². The van der Waals surface area contributed by atoms with Crippen molar-refractivity contribution in [2.24, 2.45) is 0 Å². The Labute approximate surface area is 148 Å². The van der Waals surface area contributed by atoms with Crippen LogP contribution < -0.4 is 5.32 Å². The standard InChI is InChI=1S/C18H25N5O2/c1-13-8-14(2)10-17(9-13)23-20-12-16(21-23)11-19-15-4-6-22(7-5-15)18(24)25-3/h8-10,12,15,19H,4-7,11H2,1-3H3. The van der Waals surface area contributed by atoms with Crippen LogP contribution in [0.25, 0.3) is 5.69 Å². The predicted molar refractivity (Wildman–Crippen MR) is 94.7 cm³/mol. The fraction of sp³-hybridized carbons (Fsp3) is 0.500. The molecule has 7 heteroatoms. The Morgan fingerprint density at radius 2 is 1.92 bits per heavy atom. The fourth-order valence-corrected chi connectivity index (χ4v) is 3.21. The molecule has 25 heavy (non-hydrogen) atoms. The van der Waals surface area contributed by atoms with Gasteiger partial charge in [-0.25, -0.2) is 4.79 Å². The van der Waals surface area contributed by atoms with Crippen molar-refractivity contribution in [3.05, 3.63) is 41.2 Å². The lowest BCUT2D eigenvalue weighted by Crippen LogP contribution is -2.44. The molecule has 0 radical (unpaired) electrons. The number of carbonyl (C=O) groups is 1. The van der Waals surface area contributed by atoms with Gasteiger partial charge >= 0.3 is 6.09 Å². The molecule has 0 spiro atoms. The van der Waals surface area contributed by atoms with Gasteiger partial charge in [-0.3, -0.25) is 0 Å². The largest absolute Gasteiger partial charge is 0.453 e. The molecule has 1 fully saturated rings. The van der Waals surface area contributed by atoms with E-state index in [0.29, 0.717) is 12.6 Å². The molecule has 7 nitrogen and oxygen atoms in total. The van der Waals surface area contributed by atoms with Gasteiger partial charge in [0.25, 0.3) is 0 Å². The number of hydrogen-bond acceptors (Lipinski definition) is 5. The average Bonchev–Trinajstić information content (AvgIpc) is 3.08. The molecule has 1 saturated heterocycles. The van der Waals surface area contributed by atoms with Crippen LogP contribution in [0, 0.1) is 13.8 Å². The molecule has 1 N–H and O–H groups in total. The Hall–Kier alpha value is -2.41. The summed E-state index contributed by atoms with van der Waals surface area (Å²) >= 11 is 0. The van der Waals surface area contributed by atoms with Crippen molar-refractivity contribution < 1.29 is 9.53 Å². The Kier molecular flexibility index (Phi) is 5.33. The zero-order chi connectivity index (χ0) is 17.8. The van der Waals surface area contributed by atoms with E-state index in [2.05, 4.69) is 47.6 Å². The minimum absolute atomic E-state index is 0.241. The SMILES string of the molecule is COC(=O)N1CCC(NCc2cnn(-c3cc(C)cc(C)c3)n2)CC1. The van der Waals surface area contributed by atoms with Crippen LogP contribution in [0.4, 0.5) is 4.79 Å². The number of methoxy groups -OCH3 is 1. The second-order valence-electron chi connectivity index (χ2n) is 6.58. The number of rotatable bonds is 4. The maximum absolute atomic E-state index is 11.5. The van der Waals surface area contributed by atoms with Crippen molar-refractivity contribution in [1.29, 1.82) is 0 Å². The van der Waals surface area contributed by atoms with E-state index in [9.17, 15) is 4.79 Å². The second-order valence-corrected chi connectivity index (χ2v) is 6.58. The number of piperidine rings is 1. The summed E-state index contributed by atoms with van der Waals surface area (Å²) < 4.78 is 4.76. The van der Waals surface area contributed by atoms with Crippen molar-refractivity contribution in [2.75, 3.05) is 20.2 Å².